The van der Waals surface area contributed by atoms with Crippen molar-refractivity contribution in [2.45, 2.75) is 32.7 Å². The van der Waals surface area contributed by atoms with E-state index in [2.05, 4.69) is 24.1 Å². The first-order valence-corrected chi connectivity index (χ1v) is 5.15. The molecule has 76 valence electrons. The number of rotatable bonds is 4. The third kappa shape index (κ3) is 3.35. The minimum absolute atomic E-state index is 0.638. The third-order valence-corrected chi connectivity index (χ3v) is 2.77. The predicted octanol–water partition coefficient (Wildman–Crippen LogP) is 0.853. The van der Waals surface area contributed by atoms with Gasteiger partial charge in [0.1, 0.15) is 0 Å². The summed E-state index contributed by atoms with van der Waals surface area (Å²) in [6, 6.07) is 0.638. The second-order valence-corrected chi connectivity index (χ2v) is 4.12. The van der Waals surface area contributed by atoms with Crippen LogP contribution >= 0.6 is 0 Å². The molecule has 0 unspecified atom stereocenters. The van der Waals surface area contributed by atoms with Crippen molar-refractivity contribution in [1.29, 1.82) is 0 Å². The Labute approximate surface area is 80.5 Å². The minimum atomic E-state index is 0.638. The molecular weight excluding hydrogens is 164 g/mol. The minimum Gasteiger partial charge on any atom is -0.358 e. The van der Waals surface area contributed by atoms with E-state index < -0.39 is 0 Å². The quantitative estimate of drug-likeness (QED) is 0.657. The van der Waals surface area contributed by atoms with Crippen LogP contribution in [-0.4, -0.2) is 37.0 Å². The summed E-state index contributed by atoms with van der Waals surface area (Å²) in [5, 5.41) is 2.77. The van der Waals surface area contributed by atoms with Gasteiger partial charge in [-0.1, -0.05) is 0 Å². The molecule has 1 N–H and O–H groups in total. The monoisotopic (exact) mass is 184 g/mol. The summed E-state index contributed by atoms with van der Waals surface area (Å²) in [5.74, 6) is 0.654. The Bertz CT molecular complexity index is 159. The van der Waals surface area contributed by atoms with E-state index in [0.29, 0.717) is 12.0 Å². The summed E-state index contributed by atoms with van der Waals surface area (Å²) in [4.78, 5) is 12.6. The zero-order valence-corrected chi connectivity index (χ0v) is 8.62. The van der Waals surface area contributed by atoms with Crippen molar-refractivity contribution < 1.29 is 4.79 Å². The smallest absolute Gasteiger partial charge is 0.207 e. The summed E-state index contributed by atoms with van der Waals surface area (Å²) < 4.78 is 0. The maximum Gasteiger partial charge on any atom is 0.207 e. The van der Waals surface area contributed by atoms with Crippen molar-refractivity contribution in [3.05, 3.63) is 0 Å². The Kier molecular flexibility index (Phi) is 4.22. The fourth-order valence-corrected chi connectivity index (χ4v) is 1.95. The van der Waals surface area contributed by atoms with Gasteiger partial charge in [-0.25, -0.2) is 0 Å². The SMILES string of the molecule is CC(C)N1CCC[C@@H](CNC=O)C1. The summed E-state index contributed by atoms with van der Waals surface area (Å²) in [6.45, 7) is 7.66. The predicted molar refractivity (Wildman–Crippen MR) is 53.5 cm³/mol. The molecule has 1 atom stereocenters. The van der Waals surface area contributed by atoms with Gasteiger partial charge in [-0.15, -0.1) is 0 Å². The molecule has 0 aromatic rings. The van der Waals surface area contributed by atoms with Crippen LogP contribution in [0.5, 0.6) is 0 Å². The molecule has 1 amide bonds. The van der Waals surface area contributed by atoms with Crippen LogP contribution in [0.3, 0.4) is 0 Å². The van der Waals surface area contributed by atoms with Gasteiger partial charge in [-0.3, -0.25) is 4.79 Å². The van der Waals surface area contributed by atoms with E-state index in [1.54, 1.807) is 0 Å². The lowest BCUT2D eigenvalue weighted by molar-refractivity contribution is -0.109. The highest BCUT2D eigenvalue weighted by molar-refractivity contribution is 5.45. The number of nitrogens with zero attached hydrogens (tertiary/aromatic N) is 1. The third-order valence-electron chi connectivity index (χ3n) is 2.77. The van der Waals surface area contributed by atoms with Gasteiger partial charge in [0, 0.05) is 19.1 Å². The van der Waals surface area contributed by atoms with Crippen LogP contribution in [0.4, 0.5) is 0 Å². The molecular formula is C10H20N2O. The number of hydrogen-bond donors (Lipinski definition) is 1. The molecule has 0 saturated carbocycles. The number of piperidine rings is 1. The molecule has 1 heterocycles. The molecule has 0 aromatic carbocycles. The molecule has 1 rings (SSSR count). The topological polar surface area (TPSA) is 32.3 Å². The van der Waals surface area contributed by atoms with Crippen molar-refractivity contribution in [1.82, 2.24) is 10.2 Å². The van der Waals surface area contributed by atoms with E-state index in [1.165, 1.54) is 19.4 Å². The molecule has 3 heteroatoms. The van der Waals surface area contributed by atoms with E-state index in [0.717, 1.165) is 19.5 Å². The average Bonchev–Trinajstić information content (AvgIpc) is 2.15. The number of amides is 1. The van der Waals surface area contributed by atoms with E-state index >= 15 is 0 Å². The first-order chi connectivity index (χ1) is 6.24. The number of hydrogen-bond acceptors (Lipinski definition) is 2. The van der Waals surface area contributed by atoms with Crippen LogP contribution < -0.4 is 5.32 Å². The standard InChI is InChI=1S/C10H20N2O/c1-9(2)12-5-3-4-10(7-12)6-11-8-13/h8-10H,3-7H2,1-2H3,(H,11,13)/t10-/m0/s1. The zero-order chi connectivity index (χ0) is 9.68. The molecule has 13 heavy (non-hydrogen) atoms. The van der Waals surface area contributed by atoms with E-state index in [1.807, 2.05) is 0 Å². The second-order valence-electron chi connectivity index (χ2n) is 4.12. The first-order valence-electron chi connectivity index (χ1n) is 5.15. The summed E-state index contributed by atoms with van der Waals surface area (Å²) in [5.41, 5.74) is 0. The summed E-state index contributed by atoms with van der Waals surface area (Å²) >= 11 is 0. The highest BCUT2D eigenvalue weighted by Crippen LogP contribution is 2.17. The Hall–Kier alpha value is -0.570. The Morgan fingerprint density at radius 3 is 3.00 bits per heavy atom. The van der Waals surface area contributed by atoms with Gasteiger partial charge in [-0.2, -0.15) is 0 Å². The van der Waals surface area contributed by atoms with Gasteiger partial charge in [0.25, 0.3) is 0 Å². The van der Waals surface area contributed by atoms with Crippen LogP contribution in [0.1, 0.15) is 26.7 Å². The van der Waals surface area contributed by atoms with Crippen molar-refractivity contribution in [2.24, 2.45) is 5.92 Å². The highest BCUT2D eigenvalue weighted by Gasteiger charge is 2.20. The van der Waals surface area contributed by atoms with E-state index in [4.69, 9.17) is 0 Å². The van der Waals surface area contributed by atoms with Crippen molar-refractivity contribution in [2.75, 3.05) is 19.6 Å². The van der Waals surface area contributed by atoms with Gasteiger partial charge < -0.3 is 10.2 Å². The molecule has 1 saturated heterocycles. The average molecular weight is 184 g/mol. The van der Waals surface area contributed by atoms with Gasteiger partial charge in [0.2, 0.25) is 6.41 Å². The Morgan fingerprint density at radius 2 is 2.38 bits per heavy atom. The fourth-order valence-electron chi connectivity index (χ4n) is 1.95. The maximum absolute atomic E-state index is 10.1. The second kappa shape index (κ2) is 5.22. The largest absolute Gasteiger partial charge is 0.358 e. The number of likely N-dealkylation sites (tertiary alicyclic amines) is 1. The number of nitrogens with one attached hydrogen (secondary N) is 1. The van der Waals surface area contributed by atoms with Gasteiger partial charge in [0.15, 0.2) is 0 Å². The van der Waals surface area contributed by atoms with Crippen LogP contribution in [0.25, 0.3) is 0 Å². The van der Waals surface area contributed by atoms with Crippen LogP contribution in [0.15, 0.2) is 0 Å². The van der Waals surface area contributed by atoms with Gasteiger partial charge in [0.05, 0.1) is 0 Å². The molecule has 0 aliphatic carbocycles. The lowest BCUT2D eigenvalue weighted by Crippen LogP contribution is -2.42. The van der Waals surface area contributed by atoms with Crippen LogP contribution in [0.2, 0.25) is 0 Å². The van der Waals surface area contributed by atoms with Crippen molar-refractivity contribution >= 4 is 6.41 Å². The highest BCUT2D eigenvalue weighted by atomic mass is 16.1. The number of carbonyl (C=O) groups is 1. The maximum atomic E-state index is 10.1. The van der Waals surface area contributed by atoms with Crippen molar-refractivity contribution in [3.63, 3.8) is 0 Å². The molecule has 0 bridgehead atoms. The number of carbonyl (C=O) groups excluding carboxylic acids is 1. The molecule has 0 radical (unpaired) electrons. The Balaban J connectivity index is 2.28. The molecule has 0 aromatic heterocycles. The van der Waals surface area contributed by atoms with E-state index in [9.17, 15) is 4.79 Å². The Morgan fingerprint density at radius 1 is 1.62 bits per heavy atom. The first kappa shape index (κ1) is 10.5. The van der Waals surface area contributed by atoms with Crippen LogP contribution in [0, 0.1) is 5.92 Å². The summed E-state index contributed by atoms with van der Waals surface area (Å²) in [6.07, 6.45) is 3.32. The molecule has 1 fully saturated rings. The van der Waals surface area contributed by atoms with Gasteiger partial charge >= 0.3 is 0 Å². The van der Waals surface area contributed by atoms with Crippen molar-refractivity contribution in [3.8, 4) is 0 Å². The fraction of sp³-hybridized carbons (Fsp3) is 0.900. The summed E-state index contributed by atoms with van der Waals surface area (Å²) in [7, 11) is 0. The van der Waals surface area contributed by atoms with Gasteiger partial charge in [-0.05, 0) is 39.2 Å². The molecule has 0 spiro atoms. The molecule has 1 aliphatic rings. The molecule has 1 aliphatic heterocycles. The lowest BCUT2D eigenvalue weighted by atomic mass is 9.97. The van der Waals surface area contributed by atoms with Crippen LogP contribution in [-0.2, 0) is 4.79 Å². The lowest BCUT2D eigenvalue weighted by Gasteiger charge is -2.35. The zero-order valence-electron chi connectivity index (χ0n) is 8.62. The molecule has 3 nitrogen and oxygen atoms in total. The van der Waals surface area contributed by atoms with E-state index in [-0.39, 0.29) is 0 Å². The normalized spacial score (nSPS) is 24.7.